The molecule has 3 rings (SSSR count). The van der Waals surface area contributed by atoms with Crippen LogP contribution in [-0.4, -0.2) is 20.3 Å². The number of carbonyl (C=O) groups is 1. The van der Waals surface area contributed by atoms with Gasteiger partial charge in [0, 0.05) is 25.1 Å². The molecule has 0 aromatic carbocycles. The van der Waals surface area contributed by atoms with E-state index in [1.165, 1.54) is 0 Å². The van der Waals surface area contributed by atoms with Crippen LogP contribution in [0.15, 0.2) is 48.9 Å². The highest BCUT2D eigenvalue weighted by Crippen LogP contribution is 2.12. The summed E-state index contributed by atoms with van der Waals surface area (Å²) in [7, 11) is 0. The van der Waals surface area contributed by atoms with E-state index in [4.69, 9.17) is 0 Å². The van der Waals surface area contributed by atoms with E-state index in [0.29, 0.717) is 12.2 Å². The second-order valence-corrected chi connectivity index (χ2v) is 4.50. The zero-order valence-corrected chi connectivity index (χ0v) is 11.1. The molecule has 5 nitrogen and oxygen atoms in total. The lowest BCUT2D eigenvalue weighted by atomic mass is 10.2. The number of amides is 1. The predicted molar refractivity (Wildman–Crippen MR) is 75.3 cm³/mol. The highest BCUT2D eigenvalue weighted by atomic mass is 16.1. The molecule has 100 valence electrons. The van der Waals surface area contributed by atoms with E-state index in [1.54, 1.807) is 12.4 Å². The minimum absolute atomic E-state index is 0.168. The molecule has 3 heterocycles. The molecule has 0 bridgehead atoms. The molecule has 0 fully saturated rings. The molecule has 0 aliphatic heterocycles. The maximum Gasteiger partial charge on any atom is 0.272 e. The molecule has 3 aromatic heterocycles. The van der Waals surface area contributed by atoms with Crippen LogP contribution < -0.4 is 5.32 Å². The number of rotatable bonds is 3. The average molecular weight is 266 g/mol. The van der Waals surface area contributed by atoms with Gasteiger partial charge in [0.2, 0.25) is 0 Å². The number of imidazole rings is 1. The Morgan fingerprint density at radius 3 is 2.85 bits per heavy atom. The van der Waals surface area contributed by atoms with E-state index >= 15 is 0 Å². The summed E-state index contributed by atoms with van der Waals surface area (Å²) in [5.41, 5.74) is 2.28. The number of aryl methyl sites for hydroxylation is 1. The van der Waals surface area contributed by atoms with Gasteiger partial charge in [0.05, 0.1) is 5.52 Å². The Morgan fingerprint density at radius 2 is 2.05 bits per heavy atom. The van der Waals surface area contributed by atoms with E-state index in [0.717, 1.165) is 16.9 Å². The Hall–Kier alpha value is -2.69. The van der Waals surface area contributed by atoms with E-state index in [1.807, 2.05) is 47.9 Å². The Kier molecular flexibility index (Phi) is 3.16. The molecule has 0 radical (unpaired) electrons. The van der Waals surface area contributed by atoms with Crippen LogP contribution in [0.2, 0.25) is 0 Å². The van der Waals surface area contributed by atoms with Crippen molar-refractivity contribution < 1.29 is 4.79 Å². The molecular formula is C15H14N4O. The summed E-state index contributed by atoms with van der Waals surface area (Å²) in [4.78, 5) is 20.5. The van der Waals surface area contributed by atoms with Crippen LogP contribution in [0.4, 0.5) is 0 Å². The first-order chi connectivity index (χ1) is 9.75. The minimum Gasteiger partial charge on any atom is -0.347 e. The van der Waals surface area contributed by atoms with E-state index < -0.39 is 0 Å². The van der Waals surface area contributed by atoms with Crippen molar-refractivity contribution in [1.29, 1.82) is 0 Å². The Morgan fingerprint density at radius 1 is 1.25 bits per heavy atom. The van der Waals surface area contributed by atoms with E-state index in [-0.39, 0.29) is 5.91 Å². The SMILES string of the molecule is Cc1nc(C(=O)NCc2ccncc2)c2ccccn12. The number of nitrogens with zero attached hydrogens (tertiary/aromatic N) is 3. The first kappa shape index (κ1) is 12.3. The summed E-state index contributed by atoms with van der Waals surface area (Å²) in [6, 6.07) is 9.45. The van der Waals surface area contributed by atoms with Crippen LogP contribution in [0.1, 0.15) is 21.9 Å². The number of nitrogens with one attached hydrogen (secondary N) is 1. The van der Waals surface area contributed by atoms with Gasteiger partial charge in [0.25, 0.3) is 5.91 Å². The molecular weight excluding hydrogens is 252 g/mol. The number of hydrogen-bond acceptors (Lipinski definition) is 3. The molecule has 1 amide bonds. The molecule has 0 aliphatic rings. The lowest BCUT2D eigenvalue weighted by Gasteiger charge is -2.03. The fourth-order valence-electron chi connectivity index (χ4n) is 2.13. The minimum atomic E-state index is -0.168. The maximum atomic E-state index is 12.2. The van der Waals surface area contributed by atoms with Gasteiger partial charge >= 0.3 is 0 Å². The van der Waals surface area contributed by atoms with Gasteiger partial charge in [-0.25, -0.2) is 4.98 Å². The number of carbonyl (C=O) groups excluding carboxylic acids is 1. The molecule has 5 heteroatoms. The van der Waals surface area contributed by atoms with Gasteiger partial charge in [0.1, 0.15) is 5.82 Å². The van der Waals surface area contributed by atoms with Crippen LogP contribution in [0.5, 0.6) is 0 Å². The third-order valence-electron chi connectivity index (χ3n) is 3.14. The van der Waals surface area contributed by atoms with Crippen LogP contribution >= 0.6 is 0 Å². The smallest absolute Gasteiger partial charge is 0.272 e. The van der Waals surface area contributed by atoms with Gasteiger partial charge in [-0.3, -0.25) is 9.78 Å². The summed E-state index contributed by atoms with van der Waals surface area (Å²) in [5, 5.41) is 2.88. The summed E-state index contributed by atoms with van der Waals surface area (Å²) in [5.74, 6) is 0.633. The standard InChI is InChI=1S/C15H14N4O/c1-11-18-14(13-4-2-3-9-19(11)13)15(20)17-10-12-5-7-16-8-6-12/h2-9H,10H2,1H3,(H,17,20). The molecule has 0 unspecified atom stereocenters. The van der Waals surface area contributed by atoms with E-state index in [9.17, 15) is 4.79 Å². The zero-order chi connectivity index (χ0) is 13.9. The highest BCUT2D eigenvalue weighted by molar-refractivity contribution is 5.99. The number of aromatic nitrogens is 3. The average Bonchev–Trinajstić information content (AvgIpc) is 2.84. The Balaban J connectivity index is 1.83. The zero-order valence-electron chi connectivity index (χ0n) is 11.1. The second-order valence-electron chi connectivity index (χ2n) is 4.50. The van der Waals surface area contributed by atoms with Gasteiger partial charge in [-0.1, -0.05) is 6.07 Å². The Bertz CT molecular complexity index is 749. The van der Waals surface area contributed by atoms with Crippen molar-refractivity contribution in [2.24, 2.45) is 0 Å². The first-order valence-corrected chi connectivity index (χ1v) is 6.36. The third-order valence-corrected chi connectivity index (χ3v) is 3.14. The normalized spacial score (nSPS) is 10.7. The molecule has 20 heavy (non-hydrogen) atoms. The predicted octanol–water partition coefficient (Wildman–Crippen LogP) is 1.97. The number of hydrogen-bond donors (Lipinski definition) is 1. The fourth-order valence-corrected chi connectivity index (χ4v) is 2.13. The molecule has 0 saturated carbocycles. The summed E-state index contributed by atoms with van der Waals surface area (Å²) >= 11 is 0. The van der Waals surface area contributed by atoms with Crippen molar-refractivity contribution in [3.8, 4) is 0 Å². The summed E-state index contributed by atoms with van der Waals surface area (Å²) in [6.07, 6.45) is 5.31. The third kappa shape index (κ3) is 2.25. The largest absolute Gasteiger partial charge is 0.347 e. The van der Waals surface area contributed by atoms with Crippen molar-refractivity contribution in [2.75, 3.05) is 0 Å². The fraction of sp³-hybridized carbons (Fsp3) is 0.133. The summed E-state index contributed by atoms with van der Waals surface area (Å²) < 4.78 is 1.90. The monoisotopic (exact) mass is 266 g/mol. The van der Waals surface area contributed by atoms with Gasteiger partial charge < -0.3 is 9.72 Å². The van der Waals surface area contributed by atoms with Gasteiger partial charge in [-0.2, -0.15) is 0 Å². The van der Waals surface area contributed by atoms with Crippen LogP contribution in [0, 0.1) is 6.92 Å². The Labute approximate surface area is 116 Å². The van der Waals surface area contributed by atoms with Gasteiger partial charge in [0.15, 0.2) is 5.69 Å². The van der Waals surface area contributed by atoms with Crippen molar-refractivity contribution in [1.82, 2.24) is 19.7 Å². The lowest BCUT2D eigenvalue weighted by Crippen LogP contribution is -2.23. The molecule has 0 aliphatic carbocycles. The van der Waals surface area contributed by atoms with Crippen LogP contribution in [0.3, 0.4) is 0 Å². The van der Waals surface area contributed by atoms with E-state index in [2.05, 4.69) is 15.3 Å². The second kappa shape index (κ2) is 5.13. The van der Waals surface area contributed by atoms with Crippen molar-refractivity contribution in [3.63, 3.8) is 0 Å². The summed E-state index contributed by atoms with van der Waals surface area (Å²) in [6.45, 7) is 2.35. The van der Waals surface area contributed by atoms with Crippen molar-refractivity contribution >= 4 is 11.4 Å². The van der Waals surface area contributed by atoms with Crippen molar-refractivity contribution in [3.05, 3.63) is 66.0 Å². The number of pyridine rings is 2. The molecule has 0 saturated heterocycles. The van der Waals surface area contributed by atoms with Crippen molar-refractivity contribution in [2.45, 2.75) is 13.5 Å². The molecule has 3 aromatic rings. The van der Waals surface area contributed by atoms with Crippen LogP contribution in [-0.2, 0) is 6.54 Å². The topological polar surface area (TPSA) is 59.3 Å². The van der Waals surface area contributed by atoms with Gasteiger partial charge in [-0.05, 0) is 36.8 Å². The lowest BCUT2D eigenvalue weighted by molar-refractivity contribution is 0.0948. The highest BCUT2D eigenvalue weighted by Gasteiger charge is 2.14. The molecule has 0 spiro atoms. The van der Waals surface area contributed by atoms with Crippen LogP contribution in [0.25, 0.3) is 5.52 Å². The quantitative estimate of drug-likeness (QED) is 0.788. The molecule has 0 atom stereocenters. The van der Waals surface area contributed by atoms with Gasteiger partial charge in [-0.15, -0.1) is 0 Å². The first-order valence-electron chi connectivity index (χ1n) is 6.36. The molecule has 1 N–H and O–H groups in total. The maximum absolute atomic E-state index is 12.2. The number of fused-ring (bicyclic) bond motifs is 1.